The average molecular weight is 432 g/mol. The Morgan fingerprint density at radius 3 is 2.44 bits per heavy atom. The number of esters is 1. The minimum atomic E-state index is -1.27. The first kappa shape index (κ1) is 23.2. The van der Waals surface area contributed by atoms with E-state index < -0.39 is 11.6 Å². The standard InChI is InChI=1S/C26H29N3O3/c1-6-10-22-28-24(26(3,4)31)23(25(30)32-7-2)29(22)17-18-13-15-19(16-14-18)20-11-8-9-12-21(20)27-5/h8-9,11-16,31H,6-7,10,17H2,1-4H3. The molecule has 6 nitrogen and oxygen atoms in total. The summed E-state index contributed by atoms with van der Waals surface area (Å²) in [5, 5.41) is 10.7. The van der Waals surface area contributed by atoms with Crippen LogP contribution in [0.4, 0.5) is 5.69 Å². The molecule has 3 aromatic rings. The molecule has 0 radical (unpaired) electrons. The molecule has 2 aromatic carbocycles. The minimum Gasteiger partial charge on any atom is -0.461 e. The Morgan fingerprint density at radius 1 is 1.16 bits per heavy atom. The van der Waals surface area contributed by atoms with Crippen molar-refractivity contribution in [3.8, 4) is 11.1 Å². The second-order valence-electron chi connectivity index (χ2n) is 8.17. The third-order valence-corrected chi connectivity index (χ3v) is 5.20. The van der Waals surface area contributed by atoms with Gasteiger partial charge in [0.15, 0.2) is 11.4 Å². The van der Waals surface area contributed by atoms with Gasteiger partial charge in [0.1, 0.15) is 17.1 Å². The van der Waals surface area contributed by atoms with Crippen LogP contribution in [0.2, 0.25) is 0 Å². The molecular formula is C26H29N3O3. The Hall–Kier alpha value is -3.43. The Labute approximate surface area is 189 Å². The molecule has 0 atom stereocenters. The van der Waals surface area contributed by atoms with Gasteiger partial charge in [-0.1, -0.05) is 55.5 Å². The fraction of sp³-hybridized carbons (Fsp3) is 0.346. The first-order valence-electron chi connectivity index (χ1n) is 10.8. The van der Waals surface area contributed by atoms with Gasteiger partial charge < -0.3 is 14.4 Å². The second kappa shape index (κ2) is 9.80. The lowest BCUT2D eigenvalue weighted by Gasteiger charge is -2.17. The number of rotatable bonds is 8. The van der Waals surface area contributed by atoms with Crippen LogP contribution >= 0.6 is 0 Å². The molecule has 0 bridgehead atoms. The summed E-state index contributed by atoms with van der Waals surface area (Å²) in [4.78, 5) is 21.1. The molecule has 0 spiro atoms. The second-order valence-corrected chi connectivity index (χ2v) is 8.17. The zero-order valence-electron chi connectivity index (χ0n) is 19.1. The summed E-state index contributed by atoms with van der Waals surface area (Å²) < 4.78 is 7.16. The van der Waals surface area contributed by atoms with Crippen molar-refractivity contribution in [3.63, 3.8) is 0 Å². The number of para-hydroxylation sites is 1. The van der Waals surface area contributed by atoms with E-state index in [4.69, 9.17) is 11.3 Å². The molecule has 166 valence electrons. The lowest BCUT2D eigenvalue weighted by molar-refractivity contribution is 0.0469. The van der Waals surface area contributed by atoms with E-state index in [9.17, 15) is 9.90 Å². The van der Waals surface area contributed by atoms with Crippen molar-refractivity contribution in [2.45, 2.75) is 52.7 Å². The lowest BCUT2D eigenvalue weighted by atomic mass is 10.0. The van der Waals surface area contributed by atoms with Gasteiger partial charge in [0.25, 0.3) is 0 Å². The van der Waals surface area contributed by atoms with Crippen molar-refractivity contribution in [2.24, 2.45) is 0 Å². The molecule has 0 fully saturated rings. The van der Waals surface area contributed by atoms with Gasteiger partial charge in [-0.3, -0.25) is 0 Å². The molecule has 0 aliphatic heterocycles. The van der Waals surface area contributed by atoms with Crippen molar-refractivity contribution >= 4 is 11.7 Å². The normalized spacial score (nSPS) is 11.2. The predicted octanol–water partition coefficient (Wildman–Crippen LogP) is 5.51. The van der Waals surface area contributed by atoms with Gasteiger partial charge in [0.05, 0.1) is 13.2 Å². The quantitative estimate of drug-likeness (QED) is 0.377. The van der Waals surface area contributed by atoms with E-state index in [1.165, 1.54) is 0 Å². The maximum absolute atomic E-state index is 12.8. The van der Waals surface area contributed by atoms with E-state index in [0.717, 1.165) is 28.9 Å². The van der Waals surface area contributed by atoms with E-state index in [2.05, 4.69) is 16.8 Å². The van der Waals surface area contributed by atoms with Gasteiger partial charge in [-0.15, -0.1) is 0 Å². The zero-order chi connectivity index (χ0) is 23.3. The average Bonchev–Trinajstić information content (AvgIpc) is 3.13. The van der Waals surface area contributed by atoms with Crippen LogP contribution in [0, 0.1) is 6.57 Å². The number of ether oxygens (including phenoxy) is 1. The Bertz CT molecular complexity index is 1130. The predicted molar refractivity (Wildman–Crippen MR) is 125 cm³/mol. The van der Waals surface area contributed by atoms with Crippen LogP contribution in [0.25, 0.3) is 16.0 Å². The van der Waals surface area contributed by atoms with Gasteiger partial charge >= 0.3 is 5.97 Å². The summed E-state index contributed by atoms with van der Waals surface area (Å²) in [5.41, 5.74) is 2.80. The van der Waals surface area contributed by atoms with E-state index >= 15 is 0 Å². The highest BCUT2D eigenvalue weighted by molar-refractivity contribution is 5.89. The van der Waals surface area contributed by atoms with Gasteiger partial charge in [0.2, 0.25) is 0 Å². The zero-order valence-corrected chi connectivity index (χ0v) is 19.1. The molecule has 0 aliphatic carbocycles. The number of benzene rings is 2. The van der Waals surface area contributed by atoms with E-state index in [1.807, 2.05) is 53.1 Å². The van der Waals surface area contributed by atoms with E-state index in [1.54, 1.807) is 20.8 Å². The molecule has 32 heavy (non-hydrogen) atoms. The largest absolute Gasteiger partial charge is 0.461 e. The lowest BCUT2D eigenvalue weighted by Crippen LogP contribution is -2.23. The van der Waals surface area contributed by atoms with Crippen LogP contribution in [0.15, 0.2) is 48.5 Å². The summed E-state index contributed by atoms with van der Waals surface area (Å²) in [6, 6.07) is 15.5. The van der Waals surface area contributed by atoms with Gasteiger partial charge in [0, 0.05) is 13.0 Å². The highest BCUT2D eigenvalue weighted by atomic mass is 16.5. The van der Waals surface area contributed by atoms with Crippen molar-refractivity contribution in [2.75, 3.05) is 6.61 Å². The van der Waals surface area contributed by atoms with Gasteiger partial charge in [-0.05, 0) is 43.9 Å². The summed E-state index contributed by atoms with van der Waals surface area (Å²) in [5.74, 6) is 0.261. The molecule has 6 heteroatoms. The number of imidazole rings is 1. The summed E-state index contributed by atoms with van der Waals surface area (Å²) in [6.45, 7) is 15.1. The highest BCUT2D eigenvalue weighted by Gasteiger charge is 2.32. The number of hydrogen-bond donors (Lipinski definition) is 1. The van der Waals surface area contributed by atoms with Crippen LogP contribution < -0.4 is 0 Å². The molecule has 0 unspecified atom stereocenters. The number of carbonyl (C=O) groups excluding carboxylic acids is 1. The molecule has 1 N–H and O–H groups in total. The number of aryl methyl sites for hydroxylation is 1. The van der Waals surface area contributed by atoms with Crippen molar-refractivity contribution in [3.05, 3.63) is 82.7 Å². The van der Waals surface area contributed by atoms with Crippen molar-refractivity contribution in [1.82, 2.24) is 9.55 Å². The molecule has 1 aromatic heterocycles. The van der Waals surface area contributed by atoms with Crippen LogP contribution in [0.1, 0.15) is 61.7 Å². The minimum absolute atomic E-state index is 0.244. The number of aromatic nitrogens is 2. The number of nitrogens with zero attached hydrogens (tertiary/aromatic N) is 3. The molecule has 0 aliphatic rings. The van der Waals surface area contributed by atoms with Gasteiger partial charge in [-0.2, -0.15) is 0 Å². The van der Waals surface area contributed by atoms with Crippen molar-refractivity contribution < 1.29 is 14.6 Å². The fourth-order valence-corrected chi connectivity index (χ4v) is 3.70. The van der Waals surface area contributed by atoms with Gasteiger partial charge in [-0.25, -0.2) is 14.6 Å². The third kappa shape index (κ3) is 4.90. The third-order valence-electron chi connectivity index (χ3n) is 5.20. The van der Waals surface area contributed by atoms with E-state index in [0.29, 0.717) is 30.0 Å². The molecule has 1 heterocycles. The fourth-order valence-electron chi connectivity index (χ4n) is 3.70. The van der Waals surface area contributed by atoms with Crippen LogP contribution in [0.3, 0.4) is 0 Å². The first-order chi connectivity index (χ1) is 15.3. The first-order valence-corrected chi connectivity index (χ1v) is 10.8. The Balaban J connectivity index is 2.03. The topological polar surface area (TPSA) is 68.7 Å². The van der Waals surface area contributed by atoms with E-state index in [-0.39, 0.29) is 6.61 Å². The molecule has 0 saturated carbocycles. The summed E-state index contributed by atoms with van der Waals surface area (Å²) in [6.07, 6.45) is 1.54. The van der Waals surface area contributed by atoms with Crippen molar-refractivity contribution in [1.29, 1.82) is 0 Å². The molecule has 0 saturated heterocycles. The smallest absolute Gasteiger partial charge is 0.357 e. The number of carbonyl (C=O) groups is 1. The maximum atomic E-state index is 12.8. The van der Waals surface area contributed by atoms with Crippen LogP contribution in [-0.4, -0.2) is 27.2 Å². The summed E-state index contributed by atoms with van der Waals surface area (Å²) in [7, 11) is 0. The Kier molecular flexibility index (Phi) is 7.12. The molecule has 3 rings (SSSR count). The monoisotopic (exact) mass is 431 g/mol. The van der Waals surface area contributed by atoms with Crippen LogP contribution in [-0.2, 0) is 23.3 Å². The maximum Gasteiger partial charge on any atom is 0.357 e. The molecule has 0 amide bonds. The Morgan fingerprint density at radius 2 is 1.84 bits per heavy atom. The van der Waals surface area contributed by atoms with Crippen LogP contribution in [0.5, 0.6) is 0 Å². The number of hydrogen-bond acceptors (Lipinski definition) is 4. The molecular weight excluding hydrogens is 402 g/mol. The number of aliphatic hydroxyl groups is 1. The summed E-state index contributed by atoms with van der Waals surface area (Å²) >= 11 is 0. The highest BCUT2D eigenvalue weighted by Crippen LogP contribution is 2.31. The SMILES string of the molecule is [C-]#[N+]c1ccccc1-c1ccc(Cn2c(CCC)nc(C(C)(C)O)c2C(=O)OCC)cc1.